The summed E-state index contributed by atoms with van der Waals surface area (Å²) in [5, 5.41) is -0.152. The van der Waals surface area contributed by atoms with Gasteiger partial charge in [0, 0.05) is 25.2 Å². The number of sulfonamides is 1. The van der Waals surface area contributed by atoms with Gasteiger partial charge < -0.3 is 5.73 Å². The number of nitrogens with zero attached hydrogens (tertiary/aromatic N) is 2. The monoisotopic (exact) mass is 335 g/mol. The highest BCUT2D eigenvalue weighted by Crippen LogP contribution is 2.30. The molecule has 2 unspecified atom stereocenters. The van der Waals surface area contributed by atoms with E-state index in [-0.39, 0.29) is 27.7 Å². The Kier molecular flexibility index (Phi) is 4.49. The van der Waals surface area contributed by atoms with Gasteiger partial charge in [-0.25, -0.2) is 12.8 Å². The summed E-state index contributed by atoms with van der Waals surface area (Å²) >= 11 is 5.89. The molecule has 1 aromatic carbocycles. The van der Waals surface area contributed by atoms with E-state index in [4.69, 9.17) is 17.3 Å². The zero-order valence-corrected chi connectivity index (χ0v) is 13.7. The lowest BCUT2D eigenvalue weighted by Crippen LogP contribution is -2.56. The summed E-state index contributed by atoms with van der Waals surface area (Å²) in [4.78, 5) is 1.97. The van der Waals surface area contributed by atoms with Gasteiger partial charge in [0.15, 0.2) is 0 Å². The maximum Gasteiger partial charge on any atom is 0.244 e. The Morgan fingerprint density at radius 1 is 1.29 bits per heavy atom. The predicted octanol–water partition coefficient (Wildman–Crippen LogP) is 1.77. The van der Waals surface area contributed by atoms with Crippen LogP contribution in [-0.2, 0) is 10.0 Å². The molecule has 2 atom stereocenters. The topological polar surface area (TPSA) is 66.6 Å². The van der Waals surface area contributed by atoms with E-state index in [0.717, 1.165) is 12.1 Å². The summed E-state index contributed by atoms with van der Waals surface area (Å²) in [6, 6.07) is 2.19. The molecular weight excluding hydrogens is 317 g/mol. The standard InChI is InChI=1S/C13H19ClFN3O2S/c1-8-6-18(7-9(2)17(8)3)21(19,20)13-5-12(16)11(15)4-10(13)14/h4-5,8-9H,6-7,16H2,1-3H3. The molecule has 1 saturated heterocycles. The molecule has 1 heterocycles. The van der Waals surface area contributed by atoms with Crippen LogP contribution in [0.3, 0.4) is 0 Å². The number of rotatable bonds is 2. The third kappa shape index (κ3) is 3.01. The van der Waals surface area contributed by atoms with E-state index in [1.165, 1.54) is 4.31 Å². The second kappa shape index (κ2) is 5.72. The Morgan fingerprint density at radius 2 is 1.81 bits per heavy atom. The van der Waals surface area contributed by atoms with E-state index < -0.39 is 15.8 Å². The van der Waals surface area contributed by atoms with Crippen LogP contribution in [0.25, 0.3) is 0 Å². The van der Waals surface area contributed by atoms with E-state index in [0.29, 0.717) is 13.1 Å². The minimum atomic E-state index is -3.79. The first-order valence-corrected chi connectivity index (χ1v) is 8.43. The normalized spacial score (nSPS) is 25.2. The SMILES string of the molecule is CC1CN(S(=O)(=O)c2cc(N)c(F)cc2Cl)CC(C)N1C. The van der Waals surface area contributed by atoms with Crippen molar-refractivity contribution in [2.24, 2.45) is 0 Å². The van der Waals surface area contributed by atoms with Gasteiger partial charge in [-0.05, 0) is 33.0 Å². The molecule has 0 radical (unpaired) electrons. The molecule has 2 rings (SSSR count). The molecule has 118 valence electrons. The summed E-state index contributed by atoms with van der Waals surface area (Å²) in [6.45, 7) is 4.63. The molecule has 0 spiro atoms. The van der Waals surface area contributed by atoms with E-state index >= 15 is 0 Å². The number of hydrogen-bond donors (Lipinski definition) is 1. The highest BCUT2D eigenvalue weighted by molar-refractivity contribution is 7.89. The van der Waals surface area contributed by atoms with Gasteiger partial charge in [-0.15, -0.1) is 0 Å². The summed E-state index contributed by atoms with van der Waals surface area (Å²) in [7, 11) is -1.83. The molecule has 1 fully saturated rings. The van der Waals surface area contributed by atoms with Crippen LogP contribution in [0.1, 0.15) is 13.8 Å². The molecule has 0 aromatic heterocycles. The molecule has 1 aliphatic rings. The van der Waals surface area contributed by atoms with Crippen molar-refractivity contribution in [3.05, 3.63) is 23.0 Å². The van der Waals surface area contributed by atoms with Gasteiger partial charge in [0.05, 0.1) is 10.7 Å². The third-order valence-electron chi connectivity index (χ3n) is 4.00. The van der Waals surface area contributed by atoms with Crippen molar-refractivity contribution < 1.29 is 12.8 Å². The molecule has 0 bridgehead atoms. The summed E-state index contributed by atoms with van der Waals surface area (Å²) < 4.78 is 40.1. The average Bonchev–Trinajstić information content (AvgIpc) is 2.39. The lowest BCUT2D eigenvalue weighted by Gasteiger charge is -2.41. The van der Waals surface area contributed by atoms with Crippen LogP contribution in [0.4, 0.5) is 10.1 Å². The highest BCUT2D eigenvalue weighted by atomic mass is 35.5. The number of anilines is 1. The summed E-state index contributed by atoms with van der Waals surface area (Å²) in [5.41, 5.74) is 5.24. The van der Waals surface area contributed by atoms with E-state index in [2.05, 4.69) is 4.90 Å². The van der Waals surface area contributed by atoms with Gasteiger partial charge in [-0.3, -0.25) is 4.90 Å². The zero-order valence-electron chi connectivity index (χ0n) is 12.2. The van der Waals surface area contributed by atoms with E-state index in [1.807, 2.05) is 20.9 Å². The minimum Gasteiger partial charge on any atom is -0.396 e. The Balaban J connectivity index is 2.41. The molecule has 2 N–H and O–H groups in total. The largest absolute Gasteiger partial charge is 0.396 e. The second-order valence-electron chi connectivity index (χ2n) is 5.49. The second-order valence-corrected chi connectivity index (χ2v) is 7.80. The Hall–Kier alpha value is -0.890. The summed E-state index contributed by atoms with van der Waals surface area (Å²) in [5.74, 6) is -0.723. The molecule has 0 aliphatic carbocycles. The van der Waals surface area contributed by atoms with Crippen molar-refractivity contribution in [2.45, 2.75) is 30.8 Å². The molecule has 1 aromatic rings. The Bertz CT molecular complexity index is 641. The first-order valence-electron chi connectivity index (χ1n) is 6.61. The number of nitrogens with two attached hydrogens (primary N) is 1. The van der Waals surface area contributed by atoms with Crippen molar-refractivity contribution in [2.75, 3.05) is 25.9 Å². The smallest absolute Gasteiger partial charge is 0.244 e. The van der Waals surface area contributed by atoms with Crippen molar-refractivity contribution >= 4 is 27.3 Å². The van der Waals surface area contributed by atoms with Crippen LogP contribution in [0.15, 0.2) is 17.0 Å². The van der Waals surface area contributed by atoms with Crippen molar-refractivity contribution in [3.8, 4) is 0 Å². The maximum absolute atomic E-state index is 13.3. The average molecular weight is 336 g/mol. The van der Waals surface area contributed by atoms with Crippen molar-refractivity contribution in [1.29, 1.82) is 0 Å². The molecule has 1 aliphatic heterocycles. The van der Waals surface area contributed by atoms with Crippen LogP contribution in [0.5, 0.6) is 0 Å². The lowest BCUT2D eigenvalue weighted by molar-refractivity contribution is 0.105. The van der Waals surface area contributed by atoms with Gasteiger partial charge >= 0.3 is 0 Å². The minimum absolute atomic E-state index is 0.0834. The first kappa shape index (κ1) is 16.5. The lowest BCUT2D eigenvalue weighted by atomic mass is 10.1. The number of halogens is 2. The molecule has 8 heteroatoms. The van der Waals surface area contributed by atoms with Gasteiger partial charge in [0.2, 0.25) is 10.0 Å². The fourth-order valence-electron chi connectivity index (χ4n) is 2.43. The van der Waals surface area contributed by atoms with Crippen molar-refractivity contribution in [3.63, 3.8) is 0 Å². The maximum atomic E-state index is 13.3. The van der Waals surface area contributed by atoms with Crippen LogP contribution in [0.2, 0.25) is 5.02 Å². The molecular formula is C13H19ClFN3O2S. The number of hydrogen-bond acceptors (Lipinski definition) is 4. The number of nitrogen functional groups attached to an aromatic ring is 1. The van der Waals surface area contributed by atoms with Gasteiger partial charge in [-0.2, -0.15) is 4.31 Å². The molecule has 0 amide bonds. The Morgan fingerprint density at radius 3 is 2.33 bits per heavy atom. The fraction of sp³-hybridized carbons (Fsp3) is 0.538. The van der Waals surface area contributed by atoms with E-state index in [9.17, 15) is 12.8 Å². The third-order valence-corrected chi connectivity index (χ3v) is 6.29. The molecule has 5 nitrogen and oxygen atoms in total. The van der Waals surface area contributed by atoms with Gasteiger partial charge in [-0.1, -0.05) is 11.6 Å². The quantitative estimate of drug-likeness (QED) is 0.837. The van der Waals surface area contributed by atoms with Gasteiger partial charge in [0.25, 0.3) is 0 Å². The molecule has 0 saturated carbocycles. The van der Waals surface area contributed by atoms with E-state index in [1.54, 1.807) is 0 Å². The summed E-state index contributed by atoms with van der Waals surface area (Å²) in [6.07, 6.45) is 0. The van der Waals surface area contributed by atoms with Crippen molar-refractivity contribution in [1.82, 2.24) is 9.21 Å². The fourth-order valence-corrected chi connectivity index (χ4v) is 4.56. The first-order chi connectivity index (χ1) is 9.64. The predicted molar refractivity (Wildman–Crippen MR) is 81.3 cm³/mol. The zero-order chi connectivity index (χ0) is 15.9. The highest BCUT2D eigenvalue weighted by Gasteiger charge is 2.35. The number of likely N-dealkylation sites (N-methyl/N-ethyl adjacent to an activating group) is 1. The van der Waals surface area contributed by atoms with Crippen LogP contribution >= 0.6 is 11.6 Å². The van der Waals surface area contributed by atoms with Crippen LogP contribution < -0.4 is 5.73 Å². The van der Waals surface area contributed by atoms with Crippen LogP contribution in [-0.4, -0.2) is 49.8 Å². The number of benzene rings is 1. The van der Waals surface area contributed by atoms with Crippen LogP contribution in [0, 0.1) is 5.82 Å². The number of piperazine rings is 1. The molecule has 21 heavy (non-hydrogen) atoms. The Labute approximate surface area is 129 Å². The van der Waals surface area contributed by atoms with Gasteiger partial charge in [0.1, 0.15) is 10.7 Å².